The van der Waals surface area contributed by atoms with Crippen LogP contribution in [0.15, 0.2) is 53.6 Å². The van der Waals surface area contributed by atoms with Gasteiger partial charge in [0.1, 0.15) is 17.4 Å². The number of benzene rings is 1. The number of amides is 1. The van der Waals surface area contributed by atoms with Crippen molar-refractivity contribution in [1.82, 2.24) is 34.2 Å². The summed E-state index contributed by atoms with van der Waals surface area (Å²) in [5, 5.41) is 8.65. The molecule has 0 unspecified atom stereocenters. The van der Waals surface area contributed by atoms with Gasteiger partial charge in [0, 0.05) is 61.7 Å². The summed E-state index contributed by atoms with van der Waals surface area (Å²) in [4.78, 5) is 37.8. The Labute approximate surface area is 232 Å². The van der Waals surface area contributed by atoms with Gasteiger partial charge in [0.05, 0.1) is 19.3 Å². The van der Waals surface area contributed by atoms with E-state index in [4.69, 9.17) is 4.74 Å². The van der Waals surface area contributed by atoms with Gasteiger partial charge in [0.2, 0.25) is 0 Å². The van der Waals surface area contributed by atoms with Crippen LogP contribution in [0.5, 0.6) is 5.75 Å². The zero-order valence-electron chi connectivity index (χ0n) is 23.1. The Hall–Kier alpha value is -4.41. The van der Waals surface area contributed by atoms with Crippen molar-refractivity contribution in [2.75, 3.05) is 31.6 Å². The number of H-pyrrole nitrogens is 1. The number of aromatic amines is 1. The van der Waals surface area contributed by atoms with Crippen molar-refractivity contribution in [2.24, 2.45) is 0 Å². The SMILES string of the molecule is COc1cccc(-c2cn(C3CCN(c4cc(C(=O)N5CCn6c(nnc6C(C)C)C5)ccn4)CC3)c(=O)[nH]2)c1. The summed E-state index contributed by atoms with van der Waals surface area (Å²) >= 11 is 0. The highest BCUT2D eigenvalue weighted by Crippen LogP contribution is 2.28. The number of nitrogens with zero attached hydrogens (tertiary/aromatic N) is 7. The predicted octanol–water partition coefficient (Wildman–Crippen LogP) is 3.46. The van der Waals surface area contributed by atoms with Crippen LogP contribution in [0.3, 0.4) is 0 Å². The van der Waals surface area contributed by atoms with E-state index in [9.17, 15) is 9.59 Å². The van der Waals surface area contributed by atoms with Crippen LogP contribution in [0, 0.1) is 0 Å². The van der Waals surface area contributed by atoms with Crippen LogP contribution < -0.4 is 15.3 Å². The van der Waals surface area contributed by atoms with Crippen LogP contribution in [-0.4, -0.2) is 66.9 Å². The number of imidazole rings is 1. The van der Waals surface area contributed by atoms with E-state index in [1.54, 1.807) is 23.9 Å². The van der Waals surface area contributed by atoms with E-state index in [-0.39, 0.29) is 17.6 Å². The van der Waals surface area contributed by atoms with Gasteiger partial charge >= 0.3 is 5.69 Å². The lowest BCUT2D eigenvalue weighted by atomic mass is 10.0. The highest BCUT2D eigenvalue weighted by molar-refractivity contribution is 5.94. The molecular formula is C29H34N8O3. The van der Waals surface area contributed by atoms with Crippen molar-refractivity contribution < 1.29 is 9.53 Å². The third-order valence-electron chi connectivity index (χ3n) is 7.88. The first-order valence-electron chi connectivity index (χ1n) is 13.8. The number of rotatable bonds is 6. The molecular weight excluding hydrogens is 508 g/mol. The zero-order chi connectivity index (χ0) is 27.8. The van der Waals surface area contributed by atoms with Crippen molar-refractivity contribution in [2.45, 2.75) is 51.7 Å². The molecule has 2 aliphatic heterocycles. The first kappa shape index (κ1) is 25.8. The van der Waals surface area contributed by atoms with Gasteiger partial charge in [-0.2, -0.15) is 0 Å². The molecule has 0 aliphatic carbocycles. The van der Waals surface area contributed by atoms with E-state index < -0.39 is 0 Å². The molecule has 1 saturated heterocycles. The summed E-state index contributed by atoms with van der Waals surface area (Å²) in [6.45, 7) is 7.46. The van der Waals surface area contributed by atoms with Crippen molar-refractivity contribution >= 4 is 11.7 Å². The molecule has 1 N–H and O–H groups in total. The molecule has 5 heterocycles. The van der Waals surface area contributed by atoms with Crippen LogP contribution in [0.4, 0.5) is 5.82 Å². The smallest absolute Gasteiger partial charge is 0.326 e. The molecule has 0 saturated carbocycles. The fraction of sp³-hybridized carbons (Fsp3) is 0.414. The van der Waals surface area contributed by atoms with E-state index in [2.05, 4.69) is 43.5 Å². The topological polar surface area (TPSA) is 114 Å². The maximum absolute atomic E-state index is 13.4. The Kier molecular flexibility index (Phi) is 6.87. The van der Waals surface area contributed by atoms with Crippen molar-refractivity contribution in [3.8, 4) is 17.0 Å². The first-order chi connectivity index (χ1) is 19.4. The lowest BCUT2D eigenvalue weighted by Crippen LogP contribution is -2.39. The number of nitrogens with one attached hydrogen (secondary N) is 1. The van der Waals surface area contributed by atoms with Crippen LogP contribution in [0.25, 0.3) is 11.3 Å². The quantitative estimate of drug-likeness (QED) is 0.397. The summed E-state index contributed by atoms with van der Waals surface area (Å²) in [6.07, 6.45) is 5.21. The monoisotopic (exact) mass is 542 g/mol. The minimum absolute atomic E-state index is 0.0252. The Bertz CT molecular complexity index is 1580. The lowest BCUT2D eigenvalue weighted by Gasteiger charge is -2.33. The van der Waals surface area contributed by atoms with Crippen LogP contribution >= 0.6 is 0 Å². The van der Waals surface area contributed by atoms with Gasteiger partial charge in [-0.1, -0.05) is 26.0 Å². The Morgan fingerprint density at radius 1 is 1.07 bits per heavy atom. The van der Waals surface area contributed by atoms with E-state index in [0.29, 0.717) is 31.1 Å². The molecule has 0 radical (unpaired) electrons. The molecule has 0 atom stereocenters. The average molecular weight is 543 g/mol. The van der Waals surface area contributed by atoms with Crippen molar-refractivity contribution in [3.05, 3.63) is 76.5 Å². The van der Waals surface area contributed by atoms with E-state index in [1.807, 2.05) is 41.4 Å². The molecule has 1 fully saturated rings. The predicted molar refractivity (Wildman–Crippen MR) is 151 cm³/mol. The Morgan fingerprint density at radius 3 is 2.67 bits per heavy atom. The van der Waals surface area contributed by atoms with E-state index in [1.165, 1.54) is 0 Å². The molecule has 11 nitrogen and oxygen atoms in total. The molecule has 4 aromatic rings. The average Bonchev–Trinajstić information content (AvgIpc) is 3.60. The van der Waals surface area contributed by atoms with Crippen LogP contribution in [-0.2, 0) is 13.1 Å². The lowest BCUT2D eigenvalue weighted by molar-refractivity contribution is 0.0706. The molecule has 0 spiro atoms. The van der Waals surface area contributed by atoms with Crippen LogP contribution in [0.1, 0.15) is 60.7 Å². The van der Waals surface area contributed by atoms with Gasteiger partial charge in [-0.25, -0.2) is 9.78 Å². The molecule has 6 rings (SSSR count). The number of aromatic nitrogens is 6. The normalized spacial score (nSPS) is 15.9. The molecule has 3 aromatic heterocycles. The van der Waals surface area contributed by atoms with Gasteiger partial charge in [-0.05, 0) is 37.1 Å². The number of piperidine rings is 1. The first-order valence-corrected chi connectivity index (χ1v) is 13.8. The fourth-order valence-corrected chi connectivity index (χ4v) is 5.68. The minimum Gasteiger partial charge on any atom is -0.497 e. The van der Waals surface area contributed by atoms with Gasteiger partial charge in [-0.3, -0.25) is 9.36 Å². The summed E-state index contributed by atoms with van der Waals surface area (Å²) in [5.74, 6) is 3.59. The second-order valence-electron chi connectivity index (χ2n) is 10.7. The van der Waals surface area contributed by atoms with Crippen LogP contribution in [0.2, 0.25) is 0 Å². The Balaban J connectivity index is 1.11. The number of hydrogen-bond donors (Lipinski definition) is 1. The molecule has 11 heteroatoms. The zero-order valence-corrected chi connectivity index (χ0v) is 23.1. The summed E-state index contributed by atoms with van der Waals surface area (Å²) in [7, 11) is 1.63. The van der Waals surface area contributed by atoms with E-state index >= 15 is 0 Å². The van der Waals surface area contributed by atoms with Gasteiger partial charge in [0.25, 0.3) is 5.91 Å². The summed E-state index contributed by atoms with van der Waals surface area (Å²) in [5.41, 5.74) is 2.19. The number of hydrogen-bond acceptors (Lipinski definition) is 7. The second kappa shape index (κ2) is 10.6. The fourth-order valence-electron chi connectivity index (χ4n) is 5.68. The number of carbonyl (C=O) groups is 1. The molecule has 1 amide bonds. The van der Waals surface area contributed by atoms with Gasteiger partial charge < -0.3 is 24.1 Å². The Morgan fingerprint density at radius 2 is 1.90 bits per heavy atom. The van der Waals surface area contributed by atoms with Gasteiger partial charge in [-0.15, -0.1) is 10.2 Å². The van der Waals surface area contributed by atoms with E-state index in [0.717, 1.165) is 60.4 Å². The molecule has 0 bridgehead atoms. The number of ether oxygens (including phenoxy) is 1. The third-order valence-corrected chi connectivity index (χ3v) is 7.88. The van der Waals surface area contributed by atoms with Crippen molar-refractivity contribution in [1.29, 1.82) is 0 Å². The highest BCUT2D eigenvalue weighted by Gasteiger charge is 2.28. The van der Waals surface area contributed by atoms with Crippen molar-refractivity contribution in [3.63, 3.8) is 0 Å². The number of anilines is 1. The number of carbonyl (C=O) groups excluding carboxylic acids is 1. The number of pyridine rings is 1. The molecule has 40 heavy (non-hydrogen) atoms. The summed E-state index contributed by atoms with van der Waals surface area (Å²) in [6, 6.07) is 11.4. The molecule has 208 valence electrons. The summed E-state index contributed by atoms with van der Waals surface area (Å²) < 4.78 is 9.26. The third kappa shape index (κ3) is 4.87. The maximum atomic E-state index is 13.4. The standard InChI is InChI=1S/C29H34N8O3/c1-19(2)27-33-32-26-18-35(13-14-36(26)27)28(38)21-7-10-30-25(16-21)34-11-8-22(9-12-34)37-17-24(31-29(37)39)20-5-4-6-23(15-20)40-3/h4-7,10,15-17,19,22H,8-9,11-14,18H2,1-3H3,(H,31,39). The molecule has 1 aromatic carbocycles. The highest BCUT2D eigenvalue weighted by atomic mass is 16.5. The largest absolute Gasteiger partial charge is 0.497 e. The maximum Gasteiger partial charge on any atom is 0.326 e. The second-order valence-corrected chi connectivity index (χ2v) is 10.7. The number of fused-ring (bicyclic) bond motifs is 1. The molecule has 2 aliphatic rings. The minimum atomic E-state index is -0.111. The number of methoxy groups -OCH3 is 1. The van der Waals surface area contributed by atoms with Gasteiger partial charge in [0.15, 0.2) is 5.82 Å².